The molecule has 0 unspecified atom stereocenters. The molecule has 1 aromatic carbocycles. The molecule has 5 heteroatoms. The molecule has 2 rings (SSSR count). The van der Waals surface area contributed by atoms with Crippen molar-refractivity contribution in [2.45, 2.75) is 26.2 Å². The Hall–Kier alpha value is -1.91. The Morgan fingerprint density at radius 1 is 1.35 bits per heavy atom. The number of anilines is 1. The number of ether oxygens (including phenoxy) is 2. The summed E-state index contributed by atoms with van der Waals surface area (Å²) in [6, 6.07) is 3.30. The van der Waals surface area contributed by atoms with Crippen LogP contribution in [0.5, 0.6) is 11.5 Å². The minimum absolute atomic E-state index is 0.181. The summed E-state index contributed by atoms with van der Waals surface area (Å²) in [6.07, 6.45) is 3.45. The van der Waals surface area contributed by atoms with Gasteiger partial charge >= 0.3 is 0 Å². The van der Waals surface area contributed by atoms with Gasteiger partial charge in [-0.1, -0.05) is 6.92 Å². The Morgan fingerprint density at radius 3 is 2.55 bits per heavy atom. The maximum atomic E-state index is 12.3. The van der Waals surface area contributed by atoms with Crippen LogP contribution in [0.3, 0.4) is 0 Å². The van der Waals surface area contributed by atoms with E-state index < -0.39 is 0 Å². The van der Waals surface area contributed by atoms with Crippen molar-refractivity contribution < 1.29 is 14.3 Å². The maximum absolute atomic E-state index is 12.3. The highest BCUT2D eigenvalue weighted by Crippen LogP contribution is 2.47. The van der Waals surface area contributed by atoms with Crippen molar-refractivity contribution in [3.8, 4) is 11.5 Å². The van der Waals surface area contributed by atoms with Gasteiger partial charge in [-0.3, -0.25) is 4.79 Å². The molecule has 0 bridgehead atoms. The van der Waals surface area contributed by atoms with Gasteiger partial charge < -0.3 is 20.5 Å². The molecule has 3 N–H and O–H groups in total. The van der Waals surface area contributed by atoms with Crippen molar-refractivity contribution >= 4 is 11.6 Å². The summed E-state index contributed by atoms with van der Waals surface area (Å²) in [5.74, 6) is 0.823. The van der Waals surface area contributed by atoms with E-state index in [1.165, 1.54) is 20.0 Å². The molecule has 5 nitrogen and oxygen atoms in total. The van der Waals surface area contributed by atoms with Gasteiger partial charge in [0.1, 0.15) is 11.5 Å². The zero-order valence-corrected chi connectivity index (χ0v) is 12.3. The number of amides is 1. The van der Waals surface area contributed by atoms with Crippen molar-refractivity contribution in [2.24, 2.45) is 5.41 Å². The first-order valence-corrected chi connectivity index (χ1v) is 6.85. The Kier molecular flexibility index (Phi) is 4.06. The molecule has 1 aliphatic carbocycles. The highest BCUT2D eigenvalue weighted by molar-refractivity contribution is 6.01. The summed E-state index contributed by atoms with van der Waals surface area (Å²) in [4.78, 5) is 12.3. The fraction of sp³-hybridized carbons (Fsp3) is 0.533. The van der Waals surface area contributed by atoms with Crippen molar-refractivity contribution in [2.75, 3.05) is 26.5 Å². The minimum Gasteiger partial charge on any atom is -0.497 e. The molecule has 20 heavy (non-hydrogen) atoms. The molecule has 1 fully saturated rings. The molecule has 0 aliphatic heterocycles. The first-order chi connectivity index (χ1) is 9.55. The van der Waals surface area contributed by atoms with Gasteiger partial charge in [-0.25, -0.2) is 0 Å². The molecule has 0 atom stereocenters. The standard InChI is InChI=1S/C15H22N2O3/c1-4-15(5-6-15)9-17-14(18)11-7-10(19-2)8-12(20-3)13(11)16/h7-8H,4-6,9,16H2,1-3H3,(H,17,18). The predicted octanol–water partition coefficient (Wildman–Crippen LogP) is 2.21. The molecule has 0 aromatic heterocycles. The van der Waals surface area contributed by atoms with E-state index >= 15 is 0 Å². The number of carbonyl (C=O) groups is 1. The monoisotopic (exact) mass is 278 g/mol. The average molecular weight is 278 g/mol. The van der Waals surface area contributed by atoms with Crippen LogP contribution in [0, 0.1) is 5.41 Å². The van der Waals surface area contributed by atoms with Gasteiger partial charge in [0.25, 0.3) is 5.91 Å². The second kappa shape index (κ2) is 5.61. The van der Waals surface area contributed by atoms with Gasteiger partial charge in [-0.15, -0.1) is 0 Å². The van der Waals surface area contributed by atoms with Crippen LogP contribution in [0.1, 0.15) is 36.5 Å². The molecule has 0 spiro atoms. The highest BCUT2D eigenvalue weighted by atomic mass is 16.5. The Balaban J connectivity index is 2.16. The number of benzene rings is 1. The van der Waals surface area contributed by atoms with E-state index in [1.807, 2.05) is 0 Å². The lowest BCUT2D eigenvalue weighted by atomic mass is 10.0. The minimum atomic E-state index is -0.181. The largest absolute Gasteiger partial charge is 0.497 e. The Morgan fingerprint density at radius 2 is 2.05 bits per heavy atom. The maximum Gasteiger partial charge on any atom is 0.253 e. The second-order valence-electron chi connectivity index (χ2n) is 5.33. The Bertz CT molecular complexity index is 510. The number of nitrogen functional groups attached to an aromatic ring is 1. The molecule has 0 saturated heterocycles. The number of rotatable bonds is 6. The van der Waals surface area contributed by atoms with Crippen molar-refractivity contribution in [3.63, 3.8) is 0 Å². The lowest BCUT2D eigenvalue weighted by molar-refractivity contribution is 0.0944. The zero-order chi connectivity index (χ0) is 14.8. The zero-order valence-electron chi connectivity index (χ0n) is 12.3. The molecule has 0 radical (unpaired) electrons. The van der Waals surface area contributed by atoms with Crippen LogP contribution >= 0.6 is 0 Å². The van der Waals surface area contributed by atoms with Crippen LogP contribution < -0.4 is 20.5 Å². The summed E-state index contributed by atoms with van der Waals surface area (Å²) in [7, 11) is 3.06. The van der Waals surface area contributed by atoms with E-state index in [0.29, 0.717) is 34.7 Å². The van der Waals surface area contributed by atoms with E-state index in [-0.39, 0.29) is 5.91 Å². The van der Waals surface area contributed by atoms with E-state index in [1.54, 1.807) is 19.2 Å². The van der Waals surface area contributed by atoms with Crippen molar-refractivity contribution in [1.29, 1.82) is 0 Å². The normalized spacial score (nSPS) is 15.6. The molecule has 1 saturated carbocycles. The smallest absolute Gasteiger partial charge is 0.253 e. The van der Waals surface area contributed by atoms with Crippen LogP contribution in [-0.2, 0) is 0 Å². The van der Waals surface area contributed by atoms with E-state index in [2.05, 4.69) is 12.2 Å². The molecule has 1 amide bonds. The summed E-state index contributed by atoms with van der Waals surface area (Å²) in [5.41, 5.74) is 7.00. The van der Waals surface area contributed by atoms with Gasteiger partial charge in [0.05, 0.1) is 25.5 Å². The quantitative estimate of drug-likeness (QED) is 0.782. The number of nitrogens with one attached hydrogen (secondary N) is 1. The second-order valence-corrected chi connectivity index (χ2v) is 5.33. The van der Waals surface area contributed by atoms with E-state index in [9.17, 15) is 4.79 Å². The Labute approximate surface area is 119 Å². The fourth-order valence-electron chi connectivity index (χ4n) is 2.27. The molecule has 0 heterocycles. The van der Waals surface area contributed by atoms with Gasteiger partial charge in [0.2, 0.25) is 0 Å². The van der Waals surface area contributed by atoms with Gasteiger partial charge in [-0.05, 0) is 30.7 Å². The number of methoxy groups -OCH3 is 2. The number of nitrogens with two attached hydrogens (primary N) is 1. The lowest BCUT2D eigenvalue weighted by Crippen LogP contribution is -2.30. The van der Waals surface area contributed by atoms with Crippen LogP contribution in [0.2, 0.25) is 0 Å². The summed E-state index contributed by atoms with van der Waals surface area (Å²) < 4.78 is 10.3. The third-order valence-corrected chi connectivity index (χ3v) is 4.15. The summed E-state index contributed by atoms with van der Waals surface area (Å²) in [6.45, 7) is 2.85. The predicted molar refractivity (Wildman–Crippen MR) is 78.2 cm³/mol. The average Bonchev–Trinajstić information content (AvgIpc) is 3.25. The number of hydrogen-bond donors (Lipinski definition) is 2. The summed E-state index contributed by atoms with van der Waals surface area (Å²) >= 11 is 0. The molecule has 1 aromatic rings. The molecule has 110 valence electrons. The first kappa shape index (κ1) is 14.5. The highest BCUT2D eigenvalue weighted by Gasteiger charge is 2.40. The SMILES string of the molecule is CCC1(CNC(=O)c2cc(OC)cc(OC)c2N)CC1. The lowest BCUT2D eigenvalue weighted by Gasteiger charge is -2.16. The van der Waals surface area contributed by atoms with Crippen LogP contribution in [0.15, 0.2) is 12.1 Å². The van der Waals surface area contributed by atoms with Gasteiger partial charge in [-0.2, -0.15) is 0 Å². The van der Waals surface area contributed by atoms with Crippen molar-refractivity contribution in [1.82, 2.24) is 5.32 Å². The van der Waals surface area contributed by atoms with Crippen LogP contribution in [-0.4, -0.2) is 26.7 Å². The number of hydrogen-bond acceptors (Lipinski definition) is 4. The number of carbonyl (C=O) groups excluding carboxylic acids is 1. The molecular weight excluding hydrogens is 256 g/mol. The third kappa shape index (κ3) is 2.81. The third-order valence-electron chi connectivity index (χ3n) is 4.15. The van der Waals surface area contributed by atoms with Gasteiger partial charge in [0.15, 0.2) is 0 Å². The molecule has 1 aliphatic rings. The molecular formula is C15H22N2O3. The van der Waals surface area contributed by atoms with E-state index in [0.717, 1.165) is 6.42 Å². The first-order valence-electron chi connectivity index (χ1n) is 6.85. The fourth-order valence-corrected chi connectivity index (χ4v) is 2.27. The van der Waals surface area contributed by atoms with Crippen LogP contribution in [0.4, 0.5) is 5.69 Å². The van der Waals surface area contributed by atoms with Gasteiger partial charge in [0, 0.05) is 12.6 Å². The van der Waals surface area contributed by atoms with E-state index in [4.69, 9.17) is 15.2 Å². The summed E-state index contributed by atoms with van der Waals surface area (Å²) in [5, 5.41) is 2.97. The topological polar surface area (TPSA) is 73.6 Å². The van der Waals surface area contributed by atoms with Crippen molar-refractivity contribution in [3.05, 3.63) is 17.7 Å². The van der Waals surface area contributed by atoms with Crippen LogP contribution in [0.25, 0.3) is 0 Å².